The van der Waals surface area contributed by atoms with Crippen molar-refractivity contribution in [2.45, 2.75) is 52.6 Å². The molecule has 0 bridgehead atoms. The first-order chi connectivity index (χ1) is 22.5. The molecule has 1 aliphatic heterocycles. The third-order valence-corrected chi connectivity index (χ3v) is 9.98. The van der Waals surface area contributed by atoms with E-state index in [1.807, 2.05) is 46.9 Å². The summed E-state index contributed by atoms with van der Waals surface area (Å²) < 4.78 is 54.6. The molecule has 0 saturated heterocycles. The highest BCUT2D eigenvalue weighted by Crippen LogP contribution is 2.41. The van der Waals surface area contributed by atoms with Gasteiger partial charge in [0.2, 0.25) is 5.78 Å². The van der Waals surface area contributed by atoms with Crippen molar-refractivity contribution >= 4 is 72.9 Å². The molecule has 0 saturated carbocycles. The lowest BCUT2D eigenvalue weighted by Crippen LogP contribution is -2.58. The van der Waals surface area contributed by atoms with Gasteiger partial charge in [0.05, 0.1) is 33.5 Å². The zero-order chi connectivity index (χ0) is 32.5. The Hall–Kier alpha value is -4.98. The molecule has 9 rings (SSSR count). The van der Waals surface area contributed by atoms with Crippen molar-refractivity contribution in [1.82, 2.24) is 14.0 Å². The molecular formula is C39H31BF3N3O. The zero-order valence-electron chi connectivity index (χ0n) is 26.7. The van der Waals surface area contributed by atoms with Gasteiger partial charge in [0.25, 0.3) is 6.71 Å². The lowest BCUT2D eigenvalue weighted by atomic mass is 9.35. The molecule has 4 nitrogen and oxygen atoms in total. The summed E-state index contributed by atoms with van der Waals surface area (Å²) in [7, 11) is 0. The van der Waals surface area contributed by atoms with Crippen molar-refractivity contribution in [3.05, 3.63) is 107 Å². The molecule has 8 aromatic rings. The first-order valence-electron chi connectivity index (χ1n) is 16.1. The Bertz CT molecular complexity index is 2580. The molecule has 1 aliphatic rings. The quantitative estimate of drug-likeness (QED) is 0.184. The van der Waals surface area contributed by atoms with Gasteiger partial charge in [-0.25, -0.2) is 4.98 Å². The molecule has 232 valence electrons. The fourth-order valence-electron chi connectivity index (χ4n) is 8.09. The van der Waals surface area contributed by atoms with Gasteiger partial charge in [0.15, 0.2) is 0 Å². The lowest BCUT2D eigenvalue weighted by molar-refractivity contribution is -0.136. The van der Waals surface area contributed by atoms with Crippen molar-refractivity contribution in [1.29, 1.82) is 0 Å². The van der Waals surface area contributed by atoms with Gasteiger partial charge in [-0.05, 0) is 76.6 Å². The molecule has 0 atom stereocenters. The van der Waals surface area contributed by atoms with Crippen LogP contribution in [0.25, 0.3) is 55.3 Å². The maximum atomic E-state index is 14.6. The Morgan fingerprint density at radius 2 is 1.53 bits per heavy atom. The minimum absolute atomic E-state index is 0.0619. The normalized spacial score (nSPS) is 13.4. The van der Waals surface area contributed by atoms with Gasteiger partial charge in [0.1, 0.15) is 11.1 Å². The molecule has 0 aliphatic carbocycles. The molecule has 47 heavy (non-hydrogen) atoms. The molecule has 5 aromatic carbocycles. The lowest BCUT2D eigenvalue weighted by Gasteiger charge is -2.30. The molecule has 0 unspecified atom stereocenters. The number of aryl methyl sites for hydroxylation is 1. The molecule has 0 radical (unpaired) electrons. The smallest absolute Gasteiger partial charge is 0.418 e. The van der Waals surface area contributed by atoms with Crippen LogP contribution in [0, 0.1) is 6.92 Å². The van der Waals surface area contributed by atoms with Crippen LogP contribution >= 0.6 is 0 Å². The highest BCUT2D eigenvalue weighted by molar-refractivity contribution is 6.98. The van der Waals surface area contributed by atoms with Crippen LogP contribution in [0.1, 0.15) is 61.8 Å². The fraction of sp³-hybridized carbons (Fsp3) is 0.205. The second-order valence-electron chi connectivity index (χ2n) is 13.5. The average molecular weight is 626 g/mol. The van der Waals surface area contributed by atoms with E-state index in [9.17, 15) is 13.2 Å². The van der Waals surface area contributed by atoms with E-state index >= 15 is 0 Å². The Labute approximate surface area is 269 Å². The Morgan fingerprint density at radius 3 is 2.26 bits per heavy atom. The average Bonchev–Trinajstić information content (AvgIpc) is 3.61. The van der Waals surface area contributed by atoms with E-state index in [0.29, 0.717) is 16.9 Å². The highest BCUT2D eigenvalue weighted by Gasteiger charge is 2.42. The van der Waals surface area contributed by atoms with Crippen LogP contribution in [-0.4, -0.2) is 20.7 Å². The van der Waals surface area contributed by atoms with Crippen LogP contribution < -0.4 is 16.6 Å². The molecular weight excluding hydrogens is 594 g/mol. The third-order valence-electron chi connectivity index (χ3n) is 9.98. The minimum Gasteiger partial charge on any atom is -0.468 e. The van der Waals surface area contributed by atoms with Gasteiger partial charge in [-0.3, -0.25) is 8.97 Å². The number of benzene rings is 5. The summed E-state index contributed by atoms with van der Waals surface area (Å²) >= 11 is 0. The van der Waals surface area contributed by atoms with E-state index in [1.54, 1.807) is 6.92 Å². The molecule has 3 aromatic heterocycles. The third kappa shape index (κ3) is 3.75. The van der Waals surface area contributed by atoms with Crippen molar-refractivity contribution in [3.63, 3.8) is 0 Å². The number of furan rings is 1. The SMILES string of the molecule is Cc1cc(C(F)(F)F)c2nc3n4c5c(ccc6cccc(c65)n3c2c1)B(c1c(C(C)C)cccc1C(C)C)c1oc2ccccc2c1-4. The molecule has 4 heterocycles. The number of hydrogen-bond acceptors (Lipinski definition) is 2. The van der Waals surface area contributed by atoms with Crippen LogP contribution in [0.3, 0.4) is 0 Å². The zero-order valence-corrected chi connectivity index (χ0v) is 26.7. The summed E-state index contributed by atoms with van der Waals surface area (Å²) in [5, 5.41) is 2.90. The van der Waals surface area contributed by atoms with Crippen LogP contribution in [0.15, 0.2) is 89.3 Å². The highest BCUT2D eigenvalue weighted by atomic mass is 19.4. The number of alkyl halides is 3. The number of imidazole rings is 1. The second kappa shape index (κ2) is 9.53. The number of rotatable bonds is 3. The predicted molar refractivity (Wildman–Crippen MR) is 186 cm³/mol. The summed E-state index contributed by atoms with van der Waals surface area (Å²) in [6, 6.07) is 27.9. The maximum Gasteiger partial charge on any atom is 0.418 e. The number of para-hydroxylation sites is 1. The fourth-order valence-corrected chi connectivity index (χ4v) is 8.09. The summed E-state index contributed by atoms with van der Waals surface area (Å²) in [6.45, 7) is 10.4. The minimum atomic E-state index is -4.56. The number of aromatic nitrogens is 3. The van der Waals surface area contributed by atoms with E-state index in [0.717, 1.165) is 49.6 Å². The molecule has 0 N–H and O–H groups in total. The van der Waals surface area contributed by atoms with E-state index in [-0.39, 0.29) is 24.1 Å². The molecule has 8 heteroatoms. The predicted octanol–water partition coefficient (Wildman–Crippen LogP) is 8.73. The largest absolute Gasteiger partial charge is 0.468 e. The molecule has 0 amide bonds. The summed E-state index contributed by atoms with van der Waals surface area (Å²) in [6.07, 6.45) is -4.56. The van der Waals surface area contributed by atoms with Crippen LogP contribution in [0.5, 0.6) is 0 Å². The van der Waals surface area contributed by atoms with E-state index in [4.69, 9.17) is 9.40 Å². The summed E-state index contributed by atoms with van der Waals surface area (Å²) in [5.41, 5.74) is 9.08. The monoisotopic (exact) mass is 625 g/mol. The van der Waals surface area contributed by atoms with E-state index in [1.165, 1.54) is 22.7 Å². The number of fused-ring (bicyclic) bond motifs is 9. The maximum absolute atomic E-state index is 14.6. The van der Waals surface area contributed by atoms with Crippen LogP contribution in [0.2, 0.25) is 0 Å². The first-order valence-corrected chi connectivity index (χ1v) is 16.1. The molecule has 0 spiro atoms. The van der Waals surface area contributed by atoms with Crippen molar-refractivity contribution in [2.75, 3.05) is 0 Å². The number of halogens is 3. The van der Waals surface area contributed by atoms with Gasteiger partial charge >= 0.3 is 6.18 Å². The van der Waals surface area contributed by atoms with Gasteiger partial charge in [-0.15, -0.1) is 0 Å². The topological polar surface area (TPSA) is 35.4 Å². The second-order valence-corrected chi connectivity index (χ2v) is 13.5. The van der Waals surface area contributed by atoms with E-state index < -0.39 is 11.7 Å². The summed E-state index contributed by atoms with van der Waals surface area (Å²) in [5.74, 6) is 0.946. The van der Waals surface area contributed by atoms with Gasteiger partial charge in [0, 0.05) is 10.8 Å². The Balaban J connectivity index is 1.57. The van der Waals surface area contributed by atoms with Gasteiger partial charge in [-0.2, -0.15) is 13.2 Å². The first kappa shape index (κ1) is 28.3. The van der Waals surface area contributed by atoms with Crippen molar-refractivity contribution in [3.8, 4) is 5.69 Å². The van der Waals surface area contributed by atoms with Gasteiger partial charge < -0.3 is 4.42 Å². The van der Waals surface area contributed by atoms with E-state index in [2.05, 4.69) is 68.7 Å². The Morgan fingerprint density at radius 1 is 0.809 bits per heavy atom. The number of hydrogen-bond donors (Lipinski definition) is 0. The summed E-state index contributed by atoms with van der Waals surface area (Å²) in [4.78, 5) is 4.88. The Kier molecular flexibility index (Phi) is 5.73. The van der Waals surface area contributed by atoms with Crippen LogP contribution in [0.4, 0.5) is 13.2 Å². The van der Waals surface area contributed by atoms with Crippen molar-refractivity contribution < 1.29 is 17.6 Å². The molecule has 0 fully saturated rings. The standard InChI is InChI=1S/C39H31BF3N3O/c1-20(2)24-12-9-13-25(21(3)4)33(24)40-28-17-16-23-10-8-14-29-32(23)36(28)46(35-26-11-6-7-15-31(26)47-37(35)40)38-44-34-27(39(41,42)43)18-22(5)19-30(34)45(29)38/h6-21H,1-5H3. The van der Waals surface area contributed by atoms with Crippen molar-refractivity contribution in [2.24, 2.45) is 0 Å². The van der Waals surface area contributed by atoms with Gasteiger partial charge in [-0.1, -0.05) is 87.8 Å². The van der Waals surface area contributed by atoms with Crippen LogP contribution in [-0.2, 0) is 6.18 Å². The number of nitrogens with zero attached hydrogens (tertiary/aromatic N) is 3.